The van der Waals surface area contributed by atoms with E-state index in [0.717, 1.165) is 4.90 Å². The Labute approximate surface area is 239 Å². The largest absolute Gasteiger partial charge is 0.497 e. The second-order valence-electron chi connectivity index (χ2n) is 8.17. The number of β-lactam (4-membered cyclic amide) rings is 1. The molecule has 190 valence electrons. The predicted octanol–water partition coefficient (Wildman–Crippen LogP) is 6.83. The van der Waals surface area contributed by atoms with Crippen molar-refractivity contribution in [3.05, 3.63) is 83.7 Å². The summed E-state index contributed by atoms with van der Waals surface area (Å²) in [5.41, 5.74) is 0.721. The summed E-state index contributed by atoms with van der Waals surface area (Å²) >= 11 is 28.4. The molecule has 37 heavy (non-hydrogen) atoms. The summed E-state index contributed by atoms with van der Waals surface area (Å²) in [4.78, 5) is 43.2. The van der Waals surface area contributed by atoms with Crippen LogP contribution in [0.3, 0.4) is 0 Å². The van der Waals surface area contributed by atoms with E-state index in [2.05, 4.69) is 15.9 Å². The monoisotopic (exact) mass is 642 g/mol. The summed E-state index contributed by atoms with van der Waals surface area (Å²) in [6, 6.07) is 10.1. The molecule has 1 saturated heterocycles. The lowest BCUT2D eigenvalue weighted by Gasteiger charge is -2.50. The lowest BCUT2D eigenvalue weighted by Crippen LogP contribution is -2.67. The number of amides is 3. The van der Waals surface area contributed by atoms with Crippen molar-refractivity contribution in [3.8, 4) is 11.5 Å². The zero-order chi connectivity index (χ0) is 26.8. The predicted molar refractivity (Wildman–Crippen MR) is 145 cm³/mol. The number of nitrogens with zero attached hydrogens (tertiary/aromatic N) is 2. The molecule has 0 aromatic heterocycles. The van der Waals surface area contributed by atoms with E-state index in [-0.39, 0.29) is 31.2 Å². The SMILES string of the molecule is COc1ccc(N2C(=O)[C@@H](N3C(=O)c4c(Cl)c(Cl)c(Cl)c(Cl)c4C3=O)[C@H]2c2cc(Br)ccc2OC)cc1. The normalized spacial score (nSPS) is 18.7. The van der Waals surface area contributed by atoms with Crippen LogP contribution in [0.25, 0.3) is 0 Å². The molecule has 0 saturated carbocycles. The van der Waals surface area contributed by atoms with Gasteiger partial charge in [-0.3, -0.25) is 19.3 Å². The van der Waals surface area contributed by atoms with Crippen molar-refractivity contribution < 1.29 is 23.9 Å². The molecule has 2 atom stereocenters. The number of fused-ring (bicyclic) bond motifs is 1. The van der Waals surface area contributed by atoms with Gasteiger partial charge in [-0.25, -0.2) is 0 Å². The van der Waals surface area contributed by atoms with Gasteiger partial charge in [0.15, 0.2) is 0 Å². The van der Waals surface area contributed by atoms with Crippen molar-refractivity contribution in [2.75, 3.05) is 19.1 Å². The van der Waals surface area contributed by atoms with Crippen LogP contribution < -0.4 is 14.4 Å². The molecule has 0 unspecified atom stereocenters. The summed E-state index contributed by atoms with van der Waals surface area (Å²) in [7, 11) is 3.03. The van der Waals surface area contributed by atoms with Gasteiger partial charge in [0, 0.05) is 15.7 Å². The zero-order valence-electron chi connectivity index (χ0n) is 19.0. The average molecular weight is 645 g/mol. The first kappa shape index (κ1) is 26.1. The molecule has 7 nitrogen and oxygen atoms in total. The van der Waals surface area contributed by atoms with Crippen molar-refractivity contribution >= 4 is 85.7 Å². The van der Waals surface area contributed by atoms with Gasteiger partial charge in [0.1, 0.15) is 17.5 Å². The summed E-state index contributed by atoms with van der Waals surface area (Å²) in [6.07, 6.45) is 0. The third kappa shape index (κ3) is 3.89. The number of rotatable bonds is 5. The summed E-state index contributed by atoms with van der Waals surface area (Å²) in [6.45, 7) is 0. The second kappa shape index (κ2) is 9.67. The van der Waals surface area contributed by atoms with E-state index in [4.69, 9.17) is 55.9 Å². The highest BCUT2D eigenvalue weighted by atomic mass is 79.9. The fourth-order valence-electron chi connectivity index (χ4n) is 4.62. The molecule has 5 rings (SSSR count). The standard InChI is InChI=1S/C25H15BrCl4N2O5/c1-36-12-6-4-11(5-7-12)31-21(13-9-10(26)3-8-14(13)37-2)22(25(31)35)32-23(33)15-16(24(32)34)18(28)20(30)19(29)17(15)27/h3-9,21-22H,1-2H3/t21-,22+/m1/s1. The summed E-state index contributed by atoms with van der Waals surface area (Å²) < 4.78 is 11.5. The van der Waals surface area contributed by atoms with Crippen LogP contribution in [0.4, 0.5) is 5.69 Å². The Bertz CT molecular complexity index is 1450. The lowest BCUT2D eigenvalue weighted by atomic mass is 9.85. The summed E-state index contributed by atoms with van der Waals surface area (Å²) in [5.74, 6) is -1.02. The minimum atomic E-state index is -1.22. The van der Waals surface area contributed by atoms with Crippen molar-refractivity contribution in [2.45, 2.75) is 12.1 Å². The average Bonchev–Trinajstić information content (AvgIpc) is 3.15. The number of anilines is 1. The van der Waals surface area contributed by atoms with Gasteiger partial charge in [0.25, 0.3) is 17.7 Å². The van der Waals surface area contributed by atoms with E-state index >= 15 is 0 Å². The highest BCUT2D eigenvalue weighted by Crippen LogP contribution is 2.50. The molecule has 3 amide bonds. The van der Waals surface area contributed by atoms with Gasteiger partial charge in [-0.2, -0.15) is 0 Å². The first-order valence-electron chi connectivity index (χ1n) is 10.7. The highest BCUT2D eigenvalue weighted by Gasteiger charge is 2.59. The third-order valence-corrected chi connectivity index (χ3v) is 8.63. The first-order chi connectivity index (χ1) is 17.6. The lowest BCUT2D eigenvalue weighted by molar-refractivity contribution is -0.130. The molecule has 2 aliphatic heterocycles. The fraction of sp³-hybridized carbons (Fsp3) is 0.160. The number of ether oxygens (including phenoxy) is 2. The van der Waals surface area contributed by atoms with Gasteiger partial charge in [0.05, 0.1) is 51.5 Å². The topological polar surface area (TPSA) is 76.2 Å². The number of imide groups is 1. The third-order valence-electron chi connectivity index (χ3n) is 6.34. The molecule has 0 aliphatic carbocycles. The molecule has 2 aliphatic rings. The molecule has 3 aromatic carbocycles. The Balaban J connectivity index is 1.66. The Morgan fingerprint density at radius 2 is 1.30 bits per heavy atom. The number of carbonyl (C=O) groups is 3. The zero-order valence-corrected chi connectivity index (χ0v) is 23.6. The molecule has 3 aromatic rings. The molecule has 0 bridgehead atoms. The number of benzene rings is 3. The van der Waals surface area contributed by atoms with Crippen LogP contribution in [0.2, 0.25) is 20.1 Å². The van der Waals surface area contributed by atoms with Gasteiger partial charge in [-0.15, -0.1) is 0 Å². The van der Waals surface area contributed by atoms with Gasteiger partial charge in [0.2, 0.25) is 0 Å². The van der Waals surface area contributed by atoms with E-state index in [1.165, 1.54) is 19.1 Å². The number of hydrogen-bond acceptors (Lipinski definition) is 5. The highest BCUT2D eigenvalue weighted by molar-refractivity contribution is 9.10. The van der Waals surface area contributed by atoms with Crippen LogP contribution in [-0.4, -0.2) is 42.9 Å². The van der Waals surface area contributed by atoms with Gasteiger partial charge < -0.3 is 14.4 Å². The van der Waals surface area contributed by atoms with E-state index < -0.39 is 29.8 Å². The Morgan fingerprint density at radius 1 is 0.730 bits per heavy atom. The quantitative estimate of drug-likeness (QED) is 0.132. The van der Waals surface area contributed by atoms with Gasteiger partial charge in [-0.05, 0) is 42.5 Å². The van der Waals surface area contributed by atoms with Crippen LogP contribution in [0.1, 0.15) is 32.3 Å². The maximum Gasteiger partial charge on any atom is 0.264 e. The number of methoxy groups -OCH3 is 2. The molecule has 12 heteroatoms. The molecule has 1 fully saturated rings. The maximum absolute atomic E-state index is 13.7. The Kier molecular flexibility index (Phi) is 6.83. The minimum absolute atomic E-state index is 0.153. The molecular formula is C25H15BrCl4N2O5. The van der Waals surface area contributed by atoms with Crippen molar-refractivity contribution in [2.24, 2.45) is 0 Å². The van der Waals surface area contributed by atoms with Gasteiger partial charge in [-0.1, -0.05) is 62.3 Å². The van der Waals surface area contributed by atoms with Crippen molar-refractivity contribution in [1.82, 2.24) is 4.90 Å². The smallest absolute Gasteiger partial charge is 0.264 e. The first-order valence-corrected chi connectivity index (χ1v) is 13.0. The molecule has 2 heterocycles. The second-order valence-corrected chi connectivity index (χ2v) is 10.6. The van der Waals surface area contributed by atoms with Crippen LogP contribution in [0.15, 0.2) is 46.9 Å². The number of carbonyl (C=O) groups excluding carboxylic acids is 3. The maximum atomic E-state index is 13.7. The van der Waals surface area contributed by atoms with E-state index in [0.29, 0.717) is 27.2 Å². The molecule has 0 spiro atoms. The van der Waals surface area contributed by atoms with Crippen LogP contribution in [0.5, 0.6) is 11.5 Å². The molecule has 0 radical (unpaired) electrons. The molecular weight excluding hydrogens is 630 g/mol. The Hall–Kier alpha value is -2.49. The van der Waals surface area contributed by atoms with Crippen LogP contribution in [-0.2, 0) is 4.79 Å². The Morgan fingerprint density at radius 3 is 1.81 bits per heavy atom. The number of halogens is 5. The van der Waals surface area contributed by atoms with Crippen molar-refractivity contribution in [1.29, 1.82) is 0 Å². The van der Waals surface area contributed by atoms with E-state index in [1.54, 1.807) is 42.5 Å². The van der Waals surface area contributed by atoms with Gasteiger partial charge >= 0.3 is 0 Å². The van der Waals surface area contributed by atoms with E-state index in [9.17, 15) is 14.4 Å². The minimum Gasteiger partial charge on any atom is -0.497 e. The van der Waals surface area contributed by atoms with E-state index in [1.807, 2.05) is 0 Å². The van der Waals surface area contributed by atoms with Crippen LogP contribution >= 0.6 is 62.3 Å². The molecule has 0 N–H and O–H groups in total. The fourth-order valence-corrected chi connectivity index (χ4v) is 6.01. The van der Waals surface area contributed by atoms with Crippen LogP contribution in [0, 0.1) is 0 Å². The van der Waals surface area contributed by atoms with Crippen molar-refractivity contribution in [3.63, 3.8) is 0 Å². The summed E-state index contributed by atoms with van der Waals surface area (Å²) in [5, 5.41) is -0.718. The number of hydrogen-bond donors (Lipinski definition) is 0.